The Morgan fingerprint density at radius 3 is 2.61 bits per heavy atom. The number of imide groups is 1. The number of methoxy groups -OCH3 is 1. The Kier molecular flexibility index (Phi) is 4.45. The average Bonchev–Trinajstić information content (AvgIpc) is 2.26. The summed E-state index contributed by atoms with van der Waals surface area (Å²) in [7, 11) is 1.33. The maximum absolute atomic E-state index is 11.7. The molecule has 0 aromatic carbocycles. The molecular formula is C12H20N2O4. The minimum Gasteiger partial charge on any atom is -0.469 e. The van der Waals surface area contributed by atoms with E-state index in [1.807, 2.05) is 6.92 Å². The van der Waals surface area contributed by atoms with Crippen LogP contribution >= 0.6 is 0 Å². The lowest BCUT2D eigenvalue weighted by Crippen LogP contribution is -2.60. The Hall–Kier alpha value is -1.43. The van der Waals surface area contributed by atoms with Gasteiger partial charge < -0.3 is 4.74 Å². The molecule has 0 radical (unpaired) electrons. The van der Waals surface area contributed by atoms with E-state index in [-0.39, 0.29) is 30.4 Å². The summed E-state index contributed by atoms with van der Waals surface area (Å²) < 4.78 is 4.73. The molecule has 1 aliphatic heterocycles. The summed E-state index contributed by atoms with van der Waals surface area (Å²) in [6, 6.07) is -0.369. The summed E-state index contributed by atoms with van der Waals surface area (Å²) in [5, 5.41) is 2.30. The first-order chi connectivity index (χ1) is 8.31. The van der Waals surface area contributed by atoms with E-state index < -0.39 is 5.41 Å². The smallest absolute Gasteiger partial charge is 0.312 e. The van der Waals surface area contributed by atoms with Gasteiger partial charge in [0.2, 0.25) is 11.8 Å². The number of nitrogens with one attached hydrogen (secondary N) is 1. The van der Waals surface area contributed by atoms with Crippen LogP contribution in [0.3, 0.4) is 0 Å². The number of amides is 2. The quantitative estimate of drug-likeness (QED) is 0.562. The normalized spacial score (nSPS) is 21.7. The third-order valence-electron chi connectivity index (χ3n) is 3.08. The van der Waals surface area contributed by atoms with Crippen LogP contribution in [-0.2, 0) is 19.1 Å². The molecule has 0 aromatic heterocycles. The zero-order valence-electron chi connectivity index (χ0n) is 11.3. The zero-order chi connectivity index (χ0) is 13.9. The third-order valence-corrected chi connectivity index (χ3v) is 3.08. The Morgan fingerprint density at radius 2 is 2.11 bits per heavy atom. The SMILES string of the molecule is CCC1C(=O)NC(=O)CN1CC(C)(C)C(=O)OC. The average molecular weight is 256 g/mol. The van der Waals surface area contributed by atoms with Crippen molar-refractivity contribution in [3.05, 3.63) is 0 Å². The van der Waals surface area contributed by atoms with E-state index in [0.717, 1.165) is 0 Å². The van der Waals surface area contributed by atoms with Crippen LogP contribution in [0.25, 0.3) is 0 Å². The summed E-state index contributed by atoms with van der Waals surface area (Å²) in [6.07, 6.45) is 0.594. The van der Waals surface area contributed by atoms with Crippen molar-refractivity contribution >= 4 is 17.8 Å². The second kappa shape index (κ2) is 5.48. The predicted molar refractivity (Wildman–Crippen MR) is 64.6 cm³/mol. The molecule has 0 aromatic rings. The van der Waals surface area contributed by atoms with Gasteiger partial charge in [-0.25, -0.2) is 0 Å². The predicted octanol–water partition coefficient (Wildman–Crippen LogP) is -0.0774. The van der Waals surface area contributed by atoms with Crippen LogP contribution in [0.15, 0.2) is 0 Å². The van der Waals surface area contributed by atoms with Crippen molar-refractivity contribution < 1.29 is 19.1 Å². The third kappa shape index (κ3) is 3.07. The molecule has 1 rings (SSSR count). The van der Waals surface area contributed by atoms with Gasteiger partial charge >= 0.3 is 5.97 Å². The van der Waals surface area contributed by atoms with Crippen molar-refractivity contribution in [1.29, 1.82) is 0 Å². The van der Waals surface area contributed by atoms with E-state index in [2.05, 4.69) is 5.32 Å². The lowest BCUT2D eigenvalue weighted by molar-refractivity contribution is -0.155. The number of carbonyl (C=O) groups is 3. The van der Waals surface area contributed by atoms with Crippen LogP contribution in [0, 0.1) is 5.41 Å². The molecule has 1 fully saturated rings. The fraction of sp³-hybridized carbons (Fsp3) is 0.750. The van der Waals surface area contributed by atoms with Crippen molar-refractivity contribution in [3.8, 4) is 0 Å². The highest BCUT2D eigenvalue weighted by molar-refractivity contribution is 6.01. The van der Waals surface area contributed by atoms with E-state index >= 15 is 0 Å². The second-order valence-corrected chi connectivity index (χ2v) is 5.12. The highest BCUT2D eigenvalue weighted by atomic mass is 16.5. The molecule has 1 N–H and O–H groups in total. The molecule has 2 amide bonds. The largest absolute Gasteiger partial charge is 0.469 e. The molecule has 102 valence electrons. The topological polar surface area (TPSA) is 75.7 Å². The summed E-state index contributed by atoms with van der Waals surface area (Å²) in [5.41, 5.74) is -0.750. The zero-order valence-corrected chi connectivity index (χ0v) is 11.3. The van der Waals surface area contributed by atoms with Gasteiger partial charge in [0, 0.05) is 6.54 Å². The molecular weight excluding hydrogens is 236 g/mol. The van der Waals surface area contributed by atoms with Crippen molar-refractivity contribution in [2.24, 2.45) is 5.41 Å². The van der Waals surface area contributed by atoms with Crippen LogP contribution in [0.1, 0.15) is 27.2 Å². The van der Waals surface area contributed by atoms with Gasteiger partial charge in [-0.05, 0) is 20.3 Å². The number of esters is 1. The van der Waals surface area contributed by atoms with E-state index in [1.165, 1.54) is 7.11 Å². The van der Waals surface area contributed by atoms with Gasteiger partial charge in [-0.3, -0.25) is 24.6 Å². The summed E-state index contributed by atoms with van der Waals surface area (Å²) in [4.78, 5) is 36.4. The molecule has 6 heteroatoms. The molecule has 18 heavy (non-hydrogen) atoms. The second-order valence-electron chi connectivity index (χ2n) is 5.12. The van der Waals surface area contributed by atoms with Crippen LogP contribution in [-0.4, -0.2) is 48.9 Å². The molecule has 1 heterocycles. The van der Waals surface area contributed by atoms with E-state index in [9.17, 15) is 14.4 Å². The van der Waals surface area contributed by atoms with Gasteiger partial charge in [0.05, 0.1) is 25.1 Å². The van der Waals surface area contributed by atoms with Crippen LogP contribution < -0.4 is 5.32 Å². The molecule has 1 atom stereocenters. The Labute approximate surface area is 107 Å². The van der Waals surface area contributed by atoms with E-state index in [4.69, 9.17) is 4.74 Å². The lowest BCUT2D eigenvalue weighted by Gasteiger charge is -2.37. The molecule has 0 bridgehead atoms. The number of ether oxygens (including phenoxy) is 1. The van der Waals surface area contributed by atoms with Crippen LogP contribution in [0.5, 0.6) is 0 Å². The molecule has 0 saturated carbocycles. The molecule has 6 nitrogen and oxygen atoms in total. The van der Waals surface area contributed by atoms with Gasteiger partial charge in [0.25, 0.3) is 0 Å². The maximum Gasteiger partial charge on any atom is 0.312 e. The Morgan fingerprint density at radius 1 is 1.50 bits per heavy atom. The van der Waals surface area contributed by atoms with Crippen LogP contribution in [0.2, 0.25) is 0 Å². The highest BCUT2D eigenvalue weighted by Crippen LogP contribution is 2.22. The summed E-state index contributed by atoms with van der Waals surface area (Å²) >= 11 is 0. The fourth-order valence-electron chi connectivity index (χ4n) is 2.18. The molecule has 0 aliphatic carbocycles. The number of nitrogens with zero attached hydrogens (tertiary/aromatic N) is 1. The Bertz CT molecular complexity index is 365. The lowest BCUT2D eigenvalue weighted by atomic mass is 9.91. The highest BCUT2D eigenvalue weighted by Gasteiger charge is 2.38. The number of hydrogen-bond donors (Lipinski definition) is 1. The van der Waals surface area contributed by atoms with E-state index in [1.54, 1.807) is 18.7 Å². The first-order valence-corrected chi connectivity index (χ1v) is 5.98. The number of hydrogen-bond acceptors (Lipinski definition) is 5. The van der Waals surface area contributed by atoms with Gasteiger partial charge in [-0.1, -0.05) is 6.92 Å². The number of piperazine rings is 1. The van der Waals surface area contributed by atoms with Crippen molar-refractivity contribution in [2.75, 3.05) is 20.2 Å². The van der Waals surface area contributed by atoms with Crippen molar-refractivity contribution in [1.82, 2.24) is 10.2 Å². The molecule has 0 spiro atoms. The van der Waals surface area contributed by atoms with Gasteiger partial charge in [-0.15, -0.1) is 0 Å². The maximum atomic E-state index is 11.7. The van der Waals surface area contributed by atoms with Gasteiger partial charge in [0.15, 0.2) is 0 Å². The number of carbonyl (C=O) groups excluding carboxylic acids is 3. The summed E-state index contributed by atoms with van der Waals surface area (Å²) in [6.45, 7) is 5.80. The minimum atomic E-state index is -0.750. The monoisotopic (exact) mass is 256 g/mol. The molecule has 1 aliphatic rings. The first-order valence-electron chi connectivity index (χ1n) is 5.98. The van der Waals surface area contributed by atoms with Crippen LogP contribution in [0.4, 0.5) is 0 Å². The minimum absolute atomic E-state index is 0.130. The number of rotatable bonds is 4. The van der Waals surface area contributed by atoms with Crippen molar-refractivity contribution in [2.45, 2.75) is 33.2 Å². The van der Waals surface area contributed by atoms with Gasteiger partial charge in [-0.2, -0.15) is 0 Å². The van der Waals surface area contributed by atoms with E-state index in [0.29, 0.717) is 13.0 Å². The van der Waals surface area contributed by atoms with Crippen molar-refractivity contribution in [3.63, 3.8) is 0 Å². The Balaban J connectivity index is 2.82. The summed E-state index contributed by atoms with van der Waals surface area (Å²) in [5.74, 6) is -0.976. The van der Waals surface area contributed by atoms with Gasteiger partial charge in [0.1, 0.15) is 0 Å². The standard InChI is InChI=1S/C12H20N2O4/c1-5-8-10(16)13-9(15)6-14(8)7-12(2,3)11(17)18-4/h8H,5-7H2,1-4H3,(H,13,15,16). The fourth-order valence-corrected chi connectivity index (χ4v) is 2.18. The molecule has 1 saturated heterocycles. The molecule has 1 unspecified atom stereocenters. The first kappa shape index (κ1) is 14.6.